The molecular weight excluding hydrogens is 827 g/mol. The van der Waals surface area contributed by atoms with E-state index in [1.54, 1.807) is 0 Å². The van der Waals surface area contributed by atoms with E-state index in [0.717, 1.165) is 61.2 Å². The molecule has 3 heterocycles. The van der Waals surface area contributed by atoms with Gasteiger partial charge in [0.15, 0.2) is 17.5 Å². The Labute approximate surface area is 393 Å². The highest BCUT2D eigenvalue weighted by Gasteiger charge is 2.51. The van der Waals surface area contributed by atoms with Gasteiger partial charge in [0, 0.05) is 38.8 Å². The van der Waals surface area contributed by atoms with Crippen molar-refractivity contribution in [3.05, 3.63) is 259 Å². The van der Waals surface area contributed by atoms with Crippen molar-refractivity contribution in [3.8, 4) is 90.1 Å². The molecule has 1 spiro atoms. The number of benzene rings is 9. The third kappa shape index (κ3) is 5.63. The van der Waals surface area contributed by atoms with Crippen molar-refractivity contribution in [1.29, 1.82) is 0 Å². The summed E-state index contributed by atoms with van der Waals surface area (Å²) in [5, 5.41) is 7.79. The predicted molar refractivity (Wildman–Crippen MR) is 275 cm³/mol. The van der Waals surface area contributed by atoms with Gasteiger partial charge in [-0.1, -0.05) is 224 Å². The van der Waals surface area contributed by atoms with E-state index in [-0.39, 0.29) is 0 Å². The molecule has 0 fully saturated rings. The normalized spacial score (nSPS) is 12.8. The van der Waals surface area contributed by atoms with Gasteiger partial charge in [0.1, 0.15) is 5.69 Å². The SMILES string of the molecule is c1ccc(-c2nc(-c3ccc(-c4nn5c(-c6ccccc6)cc6ccccc6c5c4-c4ccccc4)cc3)nc(-c3ccc4c(c3)C3(c5ccccc5-c5ccccc53)c3ccccc3-4)n2)cc1. The Bertz CT molecular complexity index is 3890. The largest absolute Gasteiger partial charge is 0.231 e. The maximum Gasteiger partial charge on any atom is 0.164 e. The van der Waals surface area contributed by atoms with E-state index in [2.05, 4.69) is 223 Å². The van der Waals surface area contributed by atoms with E-state index < -0.39 is 5.41 Å². The number of rotatable bonds is 6. The summed E-state index contributed by atoms with van der Waals surface area (Å²) >= 11 is 0. The fourth-order valence-corrected chi connectivity index (χ4v) is 11.1. The molecule has 68 heavy (non-hydrogen) atoms. The number of nitrogens with zero attached hydrogens (tertiary/aromatic N) is 5. The van der Waals surface area contributed by atoms with E-state index in [9.17, 15) is 0 Å². The zero-order valence-electron chi connectivity index (χ0n) is 36.8. The van der Waals surface area contributed by atoms with Crippen LogP contribution in [0.2, 0.25) is 0 Å². The molecular formula is C63H39N5. The standard InChI is InChI=1S/C63H39N5/c1-4-18-40(19-5-1)56-39-45-24-10-11-25-47(45)59-57(41-20-6-2-7-21-41)58(67-68(56)59)42-32-34-44(35-33-42)61-64-60(43-22-8-3-9-23-43)65-62(66-61)46-36-37-51-50-28-14-17-31-54(50)63(55(51)38-46)52-29-15-12-26-48(52)49-27-13-16-30-53(49)63/h1-39H. The minimum Gasteiger partial charge on any atom is -0.231 e. The second-order valence-corrected chi connectivity index (χ2v) is 17.7. The van der Waals surface area contributed by atoms with Crippen LogP contribution in [0.3, 0.4) is 0 Å². The van der Waals surface area contributed by atoms with E-state index in [1.165, 1.54) is 49.9 Å². The molecule has 14 rings (SSSR count). The van der Waals surface area contributed by atoms with Crippen LogP contribution >= 0.6 is 0 Å². The van der Waals surface area contributed by atoms with Gasteiger partial charge in [0.25, 0.3) is 0 Å². The summed E-state index contributed by atoms with van der Waals surface area (Å²) in [5.41, 5.74) is 19.8. The van der Waals surface area contributed by atoms with Crippen molar-refractivity contribution in [2.45, 2.75) is 5.41 Å². The van der Waals surface area contributed by atoms with E-state index >= 15 is 0 Å². The molecule has 0 radical (unpaired) electrons. The Balaban J connectivity index is 0.941. The van der Waals surface area contributed by atoms with Crippen molar-refractivity contribution in [1.82, 2.24) is 24.6 Å². The summed E-state index contributed by atoms with van der Waals surface area (Å²) in [4.78, 5) is 15.7. The zero-order valence-corrected chi connectivity index (χ0v) is 36.8. The van der Waals surface area contributed by atoms with Crippen LogP contribution in [0.1, 0.15) is 22.3 Å². The Hall–Kier alpha value is -9.06. The molecule has 3 aromatic heterocycles. The molecule has 0 amide bonds. The molecule has 0 unspecified atom stereocenters. The molecule has 0 N–H and O–H groups in total. The summed E-state index contributed by atoms with van der Waals surface area (Å²) in [6.45, 7) is 0. The Kier molecular flexibility index (Phi) is 8.43. The summed E-state index contributed by atoms with van der Waals surface area (Å²) < 4.78 is 2.13. The summed E-state index contributed by atoms with van der Waals surface area (Å²) in [7, 11) is 0. The molecule has 316 valence electrons. The van der Waals surface area contributed by atoms with Gasteiger partial charge in [-0.3, -0.25) is 0 Å². The minimum absolute atomic E-state index is 0.478. The molecule has 0 aliphatic heterocycles. The van der Waals surface area contributed by atoms with E-state index in [1.807, 2.05) is 18.2 Å². The molecule has 0 saturated carbocycles. The summed E-state index contributed by atoms with van der Waals surface area (Å²) in [5.74, 6) is 1.85. The first kappa shape index (κ1) is 38.2. The second-order valence-electron chi connectivity index (χ2n) is 17.7. The van der Waals surface area contributed by atoms with Gasteiger partial charge in [-0.15, -0.1) is 0 Å². The first-order valence-corrected chi connectivity index (χ1v) is 23.1. The quantitative estimate of drug-likeness (QED) is 0.167. The van der Waals surface area contributed by atoms with Gasteiger partial charge in [0.05, 0.1) is 16.6 Å². The highest BCUT2D eigenvalue weighted by atomic mass is 15.2. The van der Waals surface area contributed by atoms with Gasteiger partial charge < -0.3 is 0 Å². The lowest BCUT2D eigenvalue weighted by atomic mass is 9.70. The fraction of sp³-hybridized carbons (Fsp3) is 0.0159. The second kappa shape index (κ2) is 15.0. The van der Waals surface area contributed by atoms with Crippen LogP contribution in [0.5, 0.6) is 0 Å². The van der Waals surface area contributed by atoms with Crippen molar-refractivity contribution in [2.75, 3.05) is 0 Å². The molecule has 2 aliphatic carbocycles. The van der Waals surface area contributed by atoms with Gasteiger partial charge in [-0.05, 0) is 67.6 Å². The van der Waals surface area contributed by atoms with Crippen LogP contribution in [0.4, 0.5) is 0 Å². The number of hydrogen-bond acceptors (Lipinski definition) is 4. The molecule has 0 saturated heterocycles. The maximum absolute atomic E-state index is 5.47. The number of fused-ring (bicyclic) bond motifs is 13. The van der Waals surface area contributed by atoms with Gasteiger partial charge in [-0.2, -0.15) is 5.10 Å². The van der Waals surface area contributed by atoms with Crippen molar-refractivity contribution in [2.24, 2.45) is 0 Å². The number of hydrogen-bond donors (Lipinski definition) is 0. The van der Waals surface area contributed by atoms with Crippen LogP contribution < -0.4 is 0 Å². The smallest absolute Gasteiger partial charge is 0.164 e. The van der Waals surface area contributed by atoms with E-state index in [0.29, 0.717) is 17.5 Å². The van der Waals surface area contributed by atoms with Crippen molar-refractivity contribution >= 4 is 16.3 Å². The molecule has 9 aromatic carbocycles. The number of aromatic nitrogens is 5. The molecule has 5 nitrogen and oxygen atoms in total. The first-order valence-electron chi connectivity index (χ1n) is 23.1. The number of pyridine rings is 1. The van der Waals surface area contributed by atoms with Crippen LogP contribution in [-0.2, 0) is 5.41 Å². The average Bonchev–Trinajstić information content (AvgIpc) is 4.07. The lowest BCUT2D eigenvalue weighted by molar-refractivity contribution is 0.794. The molecule has 5 heteroatoms. The average molecular weight is 866 g/mol. The van der Waals surface area contributed by atoms with Crippen LogP contribution in [0.15, 0.2) is 237 Å². The molecule has 2 aliphatic rings. The van der Waals surface area contributed by atoms with Crippen LogP contribution in [0, 0.1) is 0 Å². The fourth-order valence-electron chi connectivity index (χ4n) is 11.1. The maximum atomic E-state index is 5.47. The lowest BCUT2D eigenvalue weighted by Crippen LogP contribution is -2.25. The van der Waals surface area contributed by atoms with Crippen molar-refractivity contribution < 1.29 is 0 Å². The monoisotopic (exact) mass is 865 g/mol. The Morgan fingerprint density at radius 2 is 0.765 bits per heavy atom. The predicted octanol–water partition coefficient (Wildman–Crippen LogP) is 15.0. The topological polar surface area (TPSA) is 56.0 Å². The van der Waals surface area contributed by atoms with Crippen molar-refractivity contribution in [3.63, 3.8) is 0 Å². The molecule has 12 aromatic rings. The molecule has 0 atom stereocenters. The van der Waals surface area contributed by atoms with Gasteiger partial charge in [-0.25, -0.2) is 19.5 Å². The van der Waals surface area contributed by atoms with Gasteiger partial charge >= 0.3 is 0 Å². The third-order valence-corrected chi connectivity index (χ3v) is 14.1. The van der Waals surface area contributed by atoms with Crippen LogP contribution in [0.25, 0.3) is 106 Å². The Morgan fingerprint density at radius 1 is 0.324 bits per heavy atom. The lowest BCUT2D eigenvalue weighted by Gasteiger charge is -2.30. The highest BCUT2D eigenvalue weighted by Crippen LogP contribution is 2.63. The summed E-state index contributed by atoms with van der Waals surface area (Å²) in [6, 6.07) is 84.3. The van der Waals surface area contributed by atoms with Gasteiger partial charge in [0.2, 0.25) is 0 Å². The molecule has 0 bridgehead atoms. The zero-order chi connectivity index (χ0) is 44.8. The van der Waals surface area contributed by atoms with Crippen LogP contribution in [-0.4, -0.2) is 24.6 Å². The minimum atomic E-state index is -0.478. The Morgan fingerprint density at radius 3 is 1.37 bits per heavy atom. The van der Waals surface area contributed by atoms with E-state index in [4.69, 9.17) is 20.1 Å². The third-order valence-electron chi connectivity index (χ3n) is 14.1. The highest BCUT2D eigenvalue weighted by molar-refractivity contribution is 6.08. The summed E-state index contributed by atoms with van der Waals surface area (Å²) in [6.07, 6.45) is 0. The first-order chi connectivity index (χ1) is 33.7.